The van der Waals surface area contributed by atoms with Crippen LogP contribution in [0.2, 0.25) is 0 Å². The third-order valence-electron chi connectivity index (χ3n) is 15.4. The highest BCUT2D eigenvalue weighted by molar-refractivity contribution is 7.45. The first kappa shape index (κ1) is 85.2. The summed E-state index contributed by atoms with van der Waals surface area (Å²) in [6.45, 7) is 4.11. The van der Waals surface area contributed by atoms with Gasteiger partial charge in [0, 0.05) is 12.8 Å². The fourth-order valence-corrected chi connectivity index (χ4v) is 10.6. The number of unbranched alkanes of at least 4 members (excludes halogenated alkanes) is 30. The van der Waals surface area contributed by atoms with Gasteiger partial charge in [0.2, 0.25) is 0 Å². The number of allylic oxidation sites excluding steroid dienone is 22. The molecule has 89 heavy (non-hydrogen) atoms. The molecule has 0 N–H and O–H groups in total. The van der Waals surface area contributed by atoms with E-state index in [4.69, 9.17) is 18.5 Å². The van der Waals surface area contributed by atoms with E-state index >= 15 is 0 Å². The molecule has 0 saturated heterocycles. The number of hydrogen-bond donors (Lipinski definition) is 0. The summed E-state index contributed by atoms with van der Waals surface area (Å²) in [7, 11) is 1.14. The maximum Gasteiger partial charge on any atom is 0.306 e. The van der Waals surface area contributed by atoms with Crippen LogP contribution in [0.15, 0.2) is 134 Å². The predicted octanol–water partition coefficient (Wildman–Crippen LogP) is 23.4. The van der Waals surface area contributed by atoms with Crippen LogP contribution < -0.4 is 4.89 Å². The van der Waals surface area contributed by atoms with Gasteiger partial charge in [0.05, 0.1) is 27.7 Å². The third kappa shape index (κ3) is 73.1. The molecule has 0 aromatic heterocycles. The first-order valence-electron chi connectivity index (χ1n) is 36.4. The van der Waals surface area contributed by atoms with E-state index in [2.05, 4.69) is 148 Å². The van der Waals surface area contributed by atoms with E-state index in [1.54, 1.807) is 0 Å². The molecular formula is C79H136NO8P. The second kappa shape index (κ2) is 68.5. The fourth-order valence-electron chi connectivity index (χ4n) is 9.90. The number of carbonyl (C=O) groups excluding carboxylic acids is 2. The summed E-state index contributed by atoms with van der Waals surface area (Å²) in [6, 6.07) is 0. The molecule has 0 heterocycles. The summed E-state index contributed by atoms with van der Waals surface area (Å²) < 4.78 is 34.3. The third-order valence-corrected chi connectivity index (χ3v) is 16.4. The maximum absolute atomic E-state index is 12.9. The molecule has 0 aromatic carbocycles. The smallest absolute Gasteiger partial charge is 0.306 e. The molecule has 0 aromatic rings. The minimum Gasteiger partial charge on any atom is -0.756 e. The highest BCUT2D eigenvalue weighted by Crippen LogP contribution is 2.38. The van der Waals surface area contributed by atoms with Gasteiger partial charge in [-0.25, -0.2) is 0 Å². The summed E-state index contributed by atoms with van der Waals surface area (Å²) in [5, 5.41) is 0. The monoisotopic (exact) mass is 1260 g/mol. The second-order valence-corrected chi connectivity index (χ2v) is 26.6. The van der Waals surface area contributed by atoms with Crippen LogP contribution in [0.1, 0.15) is 303 Å². The van der Waals surface area contributed by atoms with E-state index in [0.717, 1.165) is 109 Å². The van der Waals surface area contributed by atoms with Crippen LogP contribution in [0.5, 0.6) is 0 Å². The van der Waals surface area contributed by atoms with Crippen molar-refractivity contribution in [1.82, 2.24) is 0 Å². The molecule has 510 valence electrons. The minimum absolute atomic E-state index is 0.0430. The molecule has 0 amide bonds. The fraction of sp³-hybridized carbons (Fsp3) is 0.696. The zero-order chi connectivity index (χ0) is 64.8. The summed E-state index contributed by atoms with van der Waals surface area (Å²) in [6.07, 6.45) is 99.7. The highest BCUT2D eigenvalue weighted by atomic mass is 31.2. The Bertz CT molecular complexity index is 1970. The van der Waals surface area contributed by atoms with Gasteiger partial charge in [-0.3, -0.25) is 14.2 Å². The Morgan fingerprint density at radius 3 is 0.955 bits per heavy atom. The number of carbonyl (C=O) groups is 2. The van der Waals surface area contributed by atoms with E-state index in [-0.39, 0.29) is 26.1 Å². The lowest BCUT2D eigenvalue weighted by Crippen LogP contribution is -2.37. The summed E-state index contributed by atoms with van der Waals surface area (Å²) in [5.41, 5.74) is 0. The highest BCUT2D eigenvalue weighted by Gasteiger charge is 2.22. The quantitative estimate of drug-likeness (QED) is 0.0195. The SMILES string of the molecule is CC/C=C\C/C=C\C/C=C\C/C=C\C/C=C\C/C=C\C/C=C\C/C=C\C/C=C\C/C=C\C/C=C\CCCCCC(=O)OC(COC(=O)CCCCCCCCCCCCCCCCCCCCCCCCCCCCCC)COP(=O)([O-])OCC[N+](C)(C)C. The number of rotatable bonds is 66. The van der Waals surface area contributed by atoms with Gasteiger partial charge in [-0.05, 0) is 96.3 Å². The molecule has 0 radical (unpaired) electrons. The van der Waals surface area contributed by atoms with Crippen LogP contribution in [0, 0.1) is 0 Å². The summed E-state index contributed by atoms with van der Waals surface area (Å²) in [5.74, 6) is -0.869. The Labute approximate surface area is 549 Å². The van der Waals surface area contributed by atoms with Crippen LogP contribution in [-0.4, -0.2) is 70.0 Å². The number of ether oxygens (including phenoxy) is 2. The van der Waals surface area contributed by atoms with Gasteiger partial charge in [-0.1, -0.05) is 327 Å². The first-order chi connectivity index (χ1) is 43.5. The molecule has 0 rings (SSSR count). The van der Waals surface area contributed by atoms with Crippen LogP contribution in [0.4, 0.5) is 0 Å². The number of quaternary nitrogens is 1. The molecule has 2 atom stereocenters. The topological polar surface area (TPSA) is 111 Å². The van der Waals surface area contributed by atoms with Crippen molar-refractivity contribution in [2.75, 3.05) is 47.5 Å². The van der Waals surface area contributed by atoms with Gasteiger partial charge in [-0.15, -0.1) is 0 Å². The predicted molar refractivity (Wildman–Crippen MR) is 383 cm³/mol. The van der Waals surface area contributed by atoms with E-state index < -0.39 is 32.5 Å². The van der Waals surface area contributed by atoms with Crippen LogP contribution in [0.25, 0.3) is 0 Å². The lowest BCUT2D eigenvalue weighted by molar-refractivity contribution is -0.870. The van der Waals surface area contributed by atoms with Gasteiger partial charge in [0.1, 0.15) is 19.8 Å². The van der Waals surface area contributed by atoms with Gasteiger partial charge in [-0.2, -0.15) is 0 Å². The molecule has 0 saturated carbocycles. The van der Waals surface area contributed by atoms with Crippen LogP contribution >= 0.6 is 7.82 Å². The molecule has 2 unspecified atom stereocenters. The van der Waals surface area contributed by atoms with Crippen molar-refractivity contribution in [2.24, 2.45) is 0 Å². The number of phosphoric acid groups is 1. The van der Waals surface area contributed by atoms with Crippen LogP contribution in [-0.2, 0) is 32.7 Å². The van der Waals surface area contributed by atoms with Gasteiger partial charge in [0.25, 0.3) is 7.82 Å². The van der Waals surface area contributed by atoms with Crippen LogP contribution in [0.3, 0.4) is 0 Å². The van der Waals surface area contributed by atoms with Crippen molar-refractivity contribution < 1.29 is 42.1 Å². The second-order valence-electron chi connectivity index (χ2n) is 25.2. The Morgan fingerprint density at radius 1 is 0.360 bits per heavy atom. The number of hydrogen-bond acceptors (Lipinski definition) is 8. The number of likely N-dealkylation sites (N-methyl/N-ethyl adjacent to an activating group) is 1. The number of esters is 2. The van der Waals surface area contributed by atoms with Gasteiger partial charge < -0.3 is 27.9 Å². The zero-order valence-corrected chi connectivity index (χ0v) is 59.0. The van der Waals surface area contributed by atoms with Gasteiger partial charge in [0.15, 0.2) is 6.10 Å². The van der Waals surface area contributed by atoms with E-state index in [0.29, 0.717) is 17.4 Å². The number of phosphoric ester groups is 1. The molecule has 0 spiro atoms. The standard InChI is InChI=1S/C79H136NO8P/c1-6-8-10-12-14-16-18-20-22-24-26-28-30-32-34-36-37-38-39-40-41-42-43-44-46-48-50-52-54-56-58-60-62-64-66-68-70-72-79(82)88-77(76-87-89(83,84)86-74-73-80(3,4)5)75-85-78(81)71-69-67-65-63-61-59-57-55-53-51-49-47-45-35-33-31-29-27-25-23-21-19-17-15-13-11-9-7-2/h8,10,14,16,20,22,26,28,32,34,37-38,40-41,43-44,48,50,54,56,60,62,77H,6-7,9,11-13,15,17-19,21,23-25,27,29-31,33,35-36,39,42,45-47,49,51-53,55,57-59,61,63-76H2,1-5H3/b10-8-,16-14-,22-20-,28-26-,34-32-,38-37-,41-40-,44-43-,50-48-,56-54-,62-60-. The van der Waals surface area contributed by atoms with Crippen molar-refractivity contribution in [2.45, 2.75) is 309 Å². The largest absolute Gasteiger partial charge is 0.756 e. The average Bonchev–Trinajstić information content (AvgIpc) is 3.60. The summed E-state index contributed by atoms with van der Waals surface area (Å²) in [4.78, 5) is 38.1. The van der Waals surface area contributed by atoms with Crippen molar-refractivity contribution in [1.29, 1.82) is 0 Å². The lowest BCUT2D eigenvalue weighted by Gasteiger charge is -2.28. The molecule has 10 heteroatoms. The Morgan fingerprint density at radius 2 is 0.640 bits per heavy atom. The lowest BCUT2D eigenvalue weighted by atomic mass is 10.0. The average molecular weight is 1260 g/mol. The van der Waals surface area contributed by atoms with Crippen molar-refractivity contribution >= 4 is 19.8 Å². The zero-order valence-electron chi connectivity index (χ0n) is 58.1. The van der Waals surface area contributed by atoms with Gasteiger partial charge >= 0.3 is 11.9 Å². The van der Waals surface area contributed by atoms with E-state index in [1.807, 2.05) is 21.1 Å². The molecule has 0 fully saturated rings. The molecule has 0 aliphatic carbocycles. The Balaban J connectivity index is 4.15. The molecular weight excluding hydrogens is 1120 g/mol. The van der Waals surface area contributed by atoms with E-state index in [9.17, 15) is 19.0 Å². The molecule has 0 bridgehead atoms. The van der Waals surface area contributed by atoms with Crippen molar-refractivity contribution in [3.05, 3.63) is 134 Å². The van der Waals surface area contributed by atoms with Crippen molar-refractivity contribution in [3.8, 4) is 0 Å². The molecule has 0 aliphatic rings. The minimum atomic E-state index is -4.66. The van der Waals surface area contributed by atoms with E-state index in [1.165, 1.54) is 161 Å². The molecule has 0 aliphatic heterocycles. The molecule has 9 nitrogen and oxygen atoms in total. The number of nitrogens with zero attached hydrogens (tertiary/aromatic N) is 1. The Kier molecular flexibility index (Phi) is 65.6. The van der Waals surface area contributed by atoms with Crippen molar-refractivity contribution in [3.63, 3.8) is 0 Å². The Hall–Kier alpha value is -3.85. The maximum atomic E-state index is 12.9. The normalized spacial score (nSPS) is 13.9. The summed E-state index contributed by atoms with van der Waals surface area (Å²) >= 11 is 0. The first-order valence-corrected chi connectivity index (χ1v) is 37.9.